The minimum Gasteiger partial charge on any atom is -0.493 e. The maximum Gasteiger partial charge on any atom is 0.161 e. The van der Waals surface area contributed by atoms with Gasteiger partial charge in [0.25, 0.3) is 0 Å². The first-order valence-corrected chi connectivity index (χ1v) is 7.70. The summed E-state index contributed by atoms with van der Waals surface area (Å²) in [7, 11) is 1.67. The summed E-state index contributed by atoms with van der Waals surface area (Å²) in [5, 5.41) is 0. The van der Waals surface area contributed by atoms with E-state index in [1.807, 2.05) is 24.3 Å². The van der Waals surface area contributed by atoms with Crippen molar-refractivity contribution in [1.82, 2.24) is 0 Å². The minimum absolute atomic E-state index is 0.596. The van der Waals surface area contributed by atoms with Crippen LogP contribution in [0.3, 0.4) is 0 Å². The van der Waals surface area contributed by atoms with Crippen LogP contribution in [0.15, 0.2) is 24.3 Å². The molecule has 0 radical (unpaired) electrons. The molecule has 1 aromatic carbocycles. The molecule has 1 aliphatic rings. The van der Waals surface area contributed by atoms with Crippen molar-refractivity contribution in [2.75, 3.05) is 19.6 Å². The van der Waals surface area contributed by atoms with E-state index in [4.69, 9.17) is 21.1 Å². The second-order valence-corrected chi connectivity index (χ2v) is 5.56. The van der Waals surface area contributed by atoms with Crippen LogP contribution in [-0.4, -0.2) is 19.6 Å². The van der Waals surface area contributed by atoms with Gasteiger partial charge in [0.05, 0.1) is 13.7 Å². The molecule has 1 saturated carbocycles. The molecule has 0 aliphatic heterocycles. The van der Waals surface area contributed by atoms with Gasteiger partial charge in [-0.1, -0.05) is 37.8 Å². The molecule has 0 spiro atoms. The molecule has 0 amide bonds. The molecule has 1 unspecified atom stereocenters. The maximum absolute atomic E-state index is 6.11. The zero-order valence-electron chi connectivity index (χ0n) is 11.6. The van der Waals surface area contributed by atoms with Gasteiger partial charge in [0, 0.05) is 5.88 Å². The quantitative estimate of drug-likeness (QED) is 0.685. The molecule has 106 valence electrons. The third kappa shape index (κ3) is 4.04. The highest BCUT2D eigenvalue weighted by Crippen LogP contribution is 2.34. The van der Waals surface area contributed by atoms with Gasteiger partial charge in [0.1, 0.15) is 0 Å². The molecule has 1 atom stereocenters. The number of halogens is 1. The molecule has 19 heavy (non-hydrogen) atoms. The number of benzene rings is 1. The van der Waals surface area contributed by atoms with Gasteiger partial charge in [0.2, 0.25) is 0 Å². The van der Waals surface area contributed by atoms with E-state index in [9.17, 15) is 0 Å². The Hall–Kier alpha value is -0.890. The van der Waals surface area contributed by atoms with Crippen molar-refractivity contribution in [3.63, 3.8) is 0 Å². The number of rotatable bonds is 7. The van der Waals surface area contributed by atoms with Crippen LogP contribution < -0.4 is 9.47 Å². The molecule has 0 heterocycles. The molecule has 2 rings (SSSR count). The Morgan fingerprint density at radius 1 is 1.21 bits per heavy atom. The number of hydrogen-bond donors (Lipinski definition) is 0. The summed E-state index contributed by atoms with van der Waals surface area (Å²) in [5.74, 6) is 3.77. The van der Waals surface area contributed by atoms with Gasteiger partial charge in [0.15, 0.2) is 11.5 Å². The SMILES string of the molecule is COc1ccccc1OCCC(CCl)C1CCCC1. The third-order valence-corrected chi connectivity index (χ3v) is 4.48. The van der Waals surface area contributed by atoms with E-state index in [0.29, 0.717) is 12.5 Å². The fraction of sp³-hybridized carbons (Fsp3) is 0.625. The second-order valence-electron chi connectivity index (χ2n) is 5.25. The van der Waals surface area contributed by atoms with Gasteiger partial charge in [-0.25, -0.2) is 0 Å². The summed E-state index contributed by atoms with van der Waals surface area (Å²) in [6.07, 6.45) is 6.45. The van der Waals surface area contributed by atoms with E-state index in [2.05, 4.69) is 0 Å². The summed E-state index contributed by atoms with van der Waals surface area (Å²) < 4.78 is 11.1. The predicted octanol–water partition coefficient (Wildman–Crippen LogP) is 4.51. The topological polar surface area (TPSA) is 18.5 Å². The maximum atomic E-state index is 6.11. The van der Waals surface area contributed by atoms with E-state index in [0.717, 1.165) is 29.7 Å². The second kappa shape index (κ2) is 7.64. The van der Waals surface area contributed by atoms with E-state index in [1.165, 1.54) is 25.7 Å². The van der Waals surface area contributed by atoms with Gasteiger partial charge in [-0.2, -0.15) is 0 Å². The monoisotopic (exact) mass is 282 g/mol. The van der Waals surface area contributed by atoms with E-state index in [-0.39, 0.29) is 0 Å². The number of ether oxygens (including phenoxy) is 2. The zero-order chi connectivity index (χ0) is 13.5. The first-order chi connectivity index (χ1) is 9.35. The van der Waals surface area contributed by atoms with Crippen molar-refractivity contribution in [1.29, 1.82) is 0 Å². The summed E-state index contributed by atoms with van der Waals surface area (Å²) in [4.78, 5) is 0. The molecule has 1 aromatic rings. The van der Waals surface area contributed by atoms with E-state index < -0.39 is 0 Å². The lowest BCUT2D eigenvalue weighted by Gasteiger charge is -2.21. The van der Waals surface area contributed by atoms with Crippen LogP contribution in [0.4, 0.5) is 0 Å². The average molecular weight is 283 g/mol. The van der Waals surface area contributed by atoms with Crippen LogP contribution in [0.2, 0.25) is 0 Å². The lowest BCUT2D eigenvalue weighted by molar-refractivity contribution is 0.240. The van der Waals surface area contributed by atoms with E-state index >= 15 is 0 Å². The van der Waals surface area contributed by atoms with Crippen LogP contribution in [0.5, 0.6) is 11.5 Å². The molecule has 0 aromatic heterocycles. The van der Waals surface area contributed by atoms with Crippen LogP contribution in [0.25, 0.3) is 0 Å². The molecule has 1 fully saturated rings. The van der Waals surface area contributed by atoms with Crippen molar-refractivity contribution in [3.05, 3.63) is 24.3 Å². The summed E-state index contributed by atoms with van der Waals surface area (Å²) in [6.45, 7) is 0.717. The molecule has 3 heteroatoms. The average Bonchev–Trinajstić information content (AvgIpc) is 2.98. The lowest BCUT2D eigenvalue weighted by Crippen LogP contribution is -2.17. The molecule has 2 nitrogen and oxygen atoms in total. The van der Waals surface area contributed by atoms with Crippen LogP contribution in [0, 0.1) is 11.8 Å². The highest BCUT2D eigenvalue weighted by molar-refractivity contribution is 6.18. The minimum atomic E-state index is 0.596. The highest BCUT2D eigenvalue weighted by Gasteiger charge is 2.24. The van der Waals surface area contributed by atoms with Crippen molar-refractivity contribution in [3.8, 4) is 11.5 Å². The Morgan fingerprint density at radius 3 is 2.53 bits per heavy atom. The van der Waals surface area contributed by atoms with Crippen LogP contribution in [0.1, 0.15) is 32.1 Å². The lowest BCUT2D eigenvalue weighted by atomic mass is 9.90. The highest BCUT2D eigenvalue weighted by atomic mass is 35.5. The Morgan fingerprint density at radius 2 is 1.89 bits per heavy atom. The standard InChI is InChI=1S/C16H23ClO2/c1-18-15-8-4-5-9-16(15)19-11-10-14(12-17)13-6-2-3-7-13/h4-5,8-9,13-14H,2-3,6-7,10-12H2,1H3. The Kier molecular flexibility index (Phi) is 5.84. The van der Waals surface area contributed by atoms with Crippen molar-refractivity contribution >= 4 is 11.6 Å². The van der Waals surface area contributed by atoms with Crippen molar-refractivity contribution < 1.29 is 9.47 Å². The molecule has 1 aliphatic carbocycles. The first kappa shape index (κ1) is 14.5. The van der Waals surface area contributed by atoms with Gasteiger partial charge in [-0.3, -0.25) is 0 Å². The summed E-state index contributed by atoms with van der Waals surface area (Å²) >= 11 is 6.11. The van der Waals surface area contributed by atoms with Gasteiger partial charge in [-0.05, 0) is 30.4 Å². The third-order valence-electron chi connectivity index (χ3n) is 4.08. The van der Waals surface area contributed by atoms with E-state index in [1.54, 1.807) is 7.11 Å². The fourth-order valence-corrected chi connectivity index (χ4v) is 3.33. The number of methoxy groups -OCH3 is 1. The Labute approximate surface area is 121 Å². The largest absolute Gasteiger partial charge is 0.493 e. The van der Waals surface area contributed by atoms with Gasteiger partial charge < -0.3 is 9.47 Å². The van der Waals surface area contributed by atoms with Gasteiger partial charge in [-0.15, -0.1) is 11.6 Å². The molecular formula is C16H23ClO2. The Balaban J connectivity index is 1.81. The fourth-order valence-electron chi connectivity index (χ4n) is 2.93. The molecule has 0 N–H and O–H groups in total. The normalized spacial score (nSPS) is 17.4. The van der Waals surface area contributed by atoms with Crippen molar-refractivity contribution in [2.24, 2.45) is 11.8 Å². The summed E-state index contributed by atoms with van der Waals surface area (Å²) in [5.41, 5.74) is 0. The first-order valence-electron chi connectivity index (χ1n) is 7.17. The zero-order valence-corrected chi connectivity index (χ0v) is 12.4. The number of para-hydroxylation sites is 2. The number of alkyl halides is 1. The Bertz CT molecular complexity index is 375. The van der Waals surface area contributed by atoms with Crippen LogP contribution >= 0.6 is 11.6 Å². The molecule has 0 bridgehead atoms. The predicted molar refractivity (Wildman–Crippen MR) is 79.3 cm³/mol. The van der Waals surface area contributed by atoms with Crippen LogP contribution in [-0.2, 0) is 0 Å². The molecule has 0 saturated heterocycles. The van der Waals surface area contributed by atoms with Gasteiger partial charge >= 0.3 is 0 Å². The molecular weight excluding hydrogens is 260 g/mol. The summed E-state index contributed by atoms with van der Waals surface area (Å²) in [6, 6.07) is 7.79. The number of hydrogen-bond acceptors (Lipinski definition) is 2. The van der Waals surface area contributed by atoms with Crippen molar-refractivity contribution in [2.45, 2.75) is 32.1 Å². The smallest absolute Gasteiger partial charge is 0.161 e.